The van der Waals surface area contributed by atoms with E-state index in [-0.39, 0.29) is 22.3 Å². The fourth-order valence-corrected chi connectivity index (χ4v) is 4.29. The van der Waals surface area contributed by atoms with E-state index in [1.54, 1.807) is 54.6 Å². The van der Waals surface area contributed by atoms with Crippen LogP contribution in [0.25, 0.3) is 0 Å². The van der Waals surface area contributed by atoms with Gasteiger partial charge in [0.05, 0.1) is 22.1 Å². The average molecular weight is 517 g/mol. The fourth-order valence-electron chi connectivity index (χ4n) is 2.91. The molecule has 2 N–H and O–H groups in total. The summed E-state index contributed by atoms with van der Waals surface area (Å²) in [5, 5.41) is 2.69. The lowest BCUT2D eigenvalue weighted by Gasteiger charge is -2.12. The van der Waals surface area contributed by atoms with Crippen molar-refractivity contribution in [1.82, 2.24) is 0 Å². The van der Waals surface area contributed by atoms with Crippen LogP contribution < -0.4 is 14.8 Å². The van der Waals surface area contributed by atoms with Gasteiger partial charge < -0.3 is 14.8 Å². The fraction of sp³-hybridized carbons (Fsp3) is 0.200. The Balaban J connectivity index is 1.54. The topological polar surface area (TPSA) is 111 Å². The van der Waals surface area contributed by atoms with E-state index in [1.165, 1.54) is 18.2 Å². The van der Waals surface area contributed by atoms with Gasteiger partial charge in [0, 0.05) is 11.4 Å². The standard InChI is InChI=1S/C25H25ClN2O6S/c1-2-3-15-33-25(30)18-9-11-19(12-10-18)27-24(29)17-34-23-14-13-21(16-22(23)26)35(31,32)28-20-7-5-4-6-8-20/h4-14,16,28H,2-3,15,17H2,1H3,(H,27,29). The molecule has 0 bridgehead atoms. The van der Waals surface area contributed by atoms with Crippen molar-refractivity contribution in [3.8, 4) is 5.75 Å². The van der Waals surface area contributed by atoms with Crippen LogP contribution >= 0.6 is 11.6 Å². The van der Waals surface area contributed by atoms with E-state index in [1.807, 2.05) is 6.92 Å². The number of ether oxygens (including phenoxy) is 2. The minimum absolute atomic E-state index is 0.0414. The highest BCUT2D eigenvalue weighted by Crippen LogP contribution is 2.28. The summed E-state index contributed by atoms with van der Waals surface area (Å²) in [6, 6.07) is 18.7. The van der Waals surface area contributed by atoms with Gasteiger partial charge in [0.15, 0.2) is 6.61 Å². The first-order chi connectivity index (χ1) is 16.8. The number of halogens is 1. The molecule has 8 nitrogen and oxygen atoms in total. The number of carbonyl (C=O) groups excluding carboxylic acids is 2. The summed E-state index contributed by atoms with van der Waals surface area (Å²) in [5.74, 6) is -0.717. The van der Waals surface area contributed by atoms with Crippen LogP contribution in [0.5, 0.6) is 5.75 Å². The molecule has 3 rings (SSSR count). The Bertz CT molecular complexity index is 1260. The molecule has 0 spiro atoms. The first-order valence-corrected chi connectivity index (χ1v) is 12.7. The van der Waals surface area contributed by atoms with Crippen molar-refractivity contribution in [2.75, 3.05) is 23.3 Å². The smallest absolute Gasteiger partial charge is 0.338 e. The van der Waals surface area contributed by atoms with Crippen LogP contribution in [0.2, 0.25) is 5.02 Å². The molecule has 0 fully saturated rings. The Morgan fingerprint density at radius 3 is 2.31 bits per heavy atom. The Morgan fingerprint density at radius 1 is 0.943 bits per heavy atom. The second-order valence-corrected chi connectivity index (χ2v) is 9.56. The zero-order chi connectivity index (χ0) is 25.3. The van der Waals surface area contributed by atoms with Gasteiger partial charge in [-0.05, 0) is 61.0 Å². The molecule has 10 heteroatoms. The predicted octanol–water partition coefficient (Wildman–Crippen LogP) is 5.12. The average Bonchev–Trinajstić information content (AvgIpc) is 2.84. The van der Waals surface area contributed by atoms with Crippen molar-refractivity contribution < 1.29 is 27.5 Å². The van der Waals surface area contributed by atoms with E-state index in [0.717, 1.165) is 12.8 Å². The molecule has 0 unspecified atom stereocenters. The molecule has 184 valence electrons. The third-order valence-corrected chi connectivity index (χ3v) is 6.41. The van der Waals surface area contributed by atoms with Gasteiger partial charge in [-0.1, -0.05) is 43.1 Å². The highest BCUT2D eigenvalue weighted by molar-refractivity contribution is 7.92. The van der Waals surface area contributed by atoms with Crippen molar-refractivity contribution in [2.45, 2.75) is 24.7 Å². The Morgan fingerprint density at radius 2 is 1.66 bits per heavy atom. The third-order valence-electron chi connectivity index (χ3n) is 4.73. The maximum atomic E-state index is 12.6. The van der Waals surface area contributed by atoms with Crippen LogP contribution in [0.1, 0.15) is 30.1 Å². The van der Waals surface area contributed by atoms with E-state index in [0.29, 0.717) is 23.5 Å². The number of hydrogen-bond acceptors (Lipinski definition) is 6. The van der Waals surface area contributed by atoms with Crippen molar-refractivity contribution in [3.63, 3.8) is 0 Å². The lowest BCUT2D eigenvalue weighted by Crippen LogP contribution is -2.20. The summed E-state index contributed by atoms with van der Waals surface area (Å²) in [6.45, 7) is 2.02. The van der Waals surface area contributed by atoms with Crippen molar-refractivity contribution in [1.29, 1.82) is 0 Å². The molecule has 35 heavy (non-hydrogen) atoms. The number of anilines is 2. The minimum atomic E-state index is -3.84. The summed E-state index contributed by atoms with van der Waals surface area (Å²) in [6.07, 6.45) is 1.73. The largest absolute Gasteiger partial charge is 0.482 e. The molecule has 0 atom stereocenters. The monoisotopic (exact) mass is 516 g/mol. The quantitative estimate of drug-likeness (QED) is 0.270. The maximum absolute atomic E-state index is 12.6. The molecular formula is C25H25ClN2O6S. The number of hydrogen-bond donors (Lipinski definition) is 2. The molecule has 0 heterocycles. The van der Waals surface area contributed by atoms with Crippen LogP contribution in [0.15, 0.2) is 77.7 Å². The summed E-state index contributed by atoms with van der Waals surface area (Å²) in [4.78, 5) is 24.1. The van der Waals surface area contributed by atoms with Crippen LogP contribution in [-0.2, 0) is 19.6 Å². The molecule has 1 amide bonds. The summed E-state index contributed by atoms with van der Waals surface area (Å²) >= 11 is 6.18. The first-order valence-electron chi connectivity index (χ1n) is 10.9. The molecule has 0 radical (unpaired) electrons. The predicted molar refractivity (Wildman–Crippen MR) is 134 cm³/mol. The normalized spacial score (nSPS) is 10.9. The number of nitrogens with one attached hydrogen (secondary N) is 2. The third kappa shape index (κ3) is 7.73. The van der Waals surface area contributed by atoms with E-state index in [4.69, 9.17) is 21.1 Å². The number of benzene rings is 3. The van der Waals surface area contributed by atoms with Gasteiger partial charge in [-0.15, -0.1) is 0 Å². The van der Waals surface area contributed by atoms with Crippen molar-refractivity contribution >= 4 is 44.9 Å². The molecule has 0 aliphatic carbocycles. The lowest BCUT2D eigenvalue weighted by molar-refractivity contribution is -0.118. The van der Waals surface area contributed by atoms with Gasteiger partial charge in [0.2, 0.25) is 0 Å². The molecule has 3 aromatic rings. The highest BCUT2D eigenvalue weighted by Gasteiger charge is 2.17. The van der Waals surface area contributed by atoms with Crippen LogP contribution in [0.4, 0.5) is 11.4 Å². The molecule has 0 saturated heterocycles. The summed E-state index contributed by atoms with van der Waals surface area (Å²) < 4.78 is 38.2. The van der Waals surface area contributed by atoms with E-state index >= 15 is 0 Å². The highest BCUT2D eigenvalue weighted by atomic mass is 35.5. The number of amides is 1. The molecule has 0 aromatic heterocycles. The summed E-state index contributed by atoms with van der Waals surface area (Å²) in [5.41, 5.74) is 1.28. The number of para-hydroxylation sites is 1. The molecular weight excluding hydrogens is 492 g/mol. The Hall–Kier alpha value is -3.56. The number of rotatable bonds is 11. The maximum Gasteiger partial charge on any atom is 0.338 e. The second-order valence-electron chi connectivity index (χ2n) is 7.47. The molecule has 3 aromatic carbocycles. The number of carbonyl (C=O) groups is 2. The van der Waals surface area contributed by atoms with Gasteiger partial charge in [0.25, 0.3) is 15.9 Å². The Kier molecular flexibility index (Phi) is 9.11. The van der Waals surface area contributed by atoms with Crippen LogP contribution in [0.3, 0.4) is 0 Å². The van der Waals surface area contributed by atoms with Crippen LogP contribution in [0, 0.1) is 0 Å². The van der Waals surface area contributed by atoms with Crippen molar-refractivity contribution in [2.24, 2.45) is 0 Å². The Labute approximate surface area is 209 Å². The zero-order valence-electron chi connectivity index (χ0n) is 19.0. The van der Waals surface area contributed by atoms with Crippen molar-refractivity contribution in [3.05, 3.63) is 83.4 Å². The van der Waals surface area contributed by atoms with Gasteiger partial charge in [0.1, 0.15) is 5.75 Å². The zero-order valence-corrected chi connectivity index (χ0v) is 20.6. The second kappa shape index (κ2) is 12.2. The van der Waals surface area contributed by atoms with Gasteiger partial charge in [-0.25, -0.2) is 13.2 Å². The number of sulfonamides is 1. The lowest BCUT2D eigenvalue weighted by atomic mass is 10.2. The van der Waals surface area contributed by atoms with Gasteiger partial charge in [-0.3, -0.25) is 9.52 Å². The molecule has 0 saturated carbocycles. The minimum Gasteiger partial charge on any atom is -0.482 e. The number of esters is 1. The molecule has 0 aliphatic heterocycles. The number of unbranched alkanes of at least 4 members (excludes halogenated alkanes) is 1. The summed E-state index contributed by atoms with van der Waals surface area (Å²) in [7, 11) is -3.84. The van der Waals surface area contributed by atoms with Gasteiger partial charge in [-0.2, -0.15) is 0 Å². The van der Waals surface area contributed by atoms with E-state index in [2.05, 4.69) is 10.0 Å². The molecule has 0 aliphatic rings. The van der Waals surface area contributed by atoms with E-state index < -0.39 is 21.9 Å². The SMILES string of the molecule is CCCCOC(=O)c1ccc(NC(=O)COc2ccc(S(=O)(=O)Nc3ccccc3)cc2Cl)cc1. The van der Waals surface area contributed by atoms with Gasteiger partial charge >= 0.3 is 5.97 Å². The van der Waals surface area contributed by atoms with Crippen LogP contribution in [-0.4, -0.2) is 33.5 Å². The van der Waals surface area contributed by atoms with E-state index in [9.17, 15) is 18.0 Å². The first kappa shape index (κ1) is 26.1.